The molecule has 0 amide bonds. The number of carbonyl (C=O) groups is 1. The van der Waals surface area contributed by atoms with Crippen molar-refractivity contribution in [3.8, 4) is 6.07 Å². The minimum atomic E-state index is 0. The van der Waals surface area contributed by atoms with Crippen molar-refractivity contribution in [2.24, 2.45) is 0 Å². The first-order valence-electron chi connectivity index (χ1n) is 10.2. The molecule has 0 saturated heterocycles. The number of nitrogens with zero attached hydrogens (tertiary/aromatic N) is 1. The van der Waals surface area contributed by atoms with Crippen LogP contribution in [0.5, 0.6) is 0 Å². The molecule has 0 atom stereocenters. The highest BCUT2D eigenvalue weighted by molar-refractivity contribution is 5.49. The molecule has 0 aromatic rings. The van der Waals surface area contributed by atoms with Crippen molar-refractivity contribution >= 4 is 6.29 Å². The Morgan fingerprint density at radius 2 is 1.04 bits per heavy atom. The van der Waals surface area contributed by atoms with Crippen LogP contribution in [0.4, 0.5) is 0 Å². The maximum atomic E-state index is 9.97. The van der Waals surface area contributed by atoms with Gasteiger partial charge in [0.2, 0.25) is 0 Å². The third-order valence-electron chi connectivity index (χ3n) is 3.50. The van der Waals surface area contributed by atoms with E-state index < -0.39 is 0 Å². The van der Waals surface area contributed by atoms with E-state index in [9.17, 15) is 4.79 Å². The van der Waals surface area contributed by atoms with Gasteiger partial charge in [0, 0.05) is 12.8 Å². The van der Waals surface area contributed by atoms with Crippen molar-refractivity contribution in [2.45, 2.75) is 98.3 Å². The molecular formula is C25H43NO. The second-order valence-electron chi connectivity index (χ2n) is 6.00. The number of hydrogen-bond acceptors (Lipinski definition) is 2. The van der Waals surface area contributed by atoms with Gasteiger partial charge in [0.25, 0.3) is 0 Å². The summed E-state index contributed by atoms with van der Waals surface area (Å²) < 4.78 is 0. The largest absolute Gasteiger partial charge is 0.303 e. The number of rotatable bonds is 15. The fraction of sp³-hybridized carbons (Fsp3) is 0.600. The highest BCUT2D eigenvalue weighted by atomic mass is 16.1. The van der Waals surface area contributed by atoms with E-state index in [-0.39, 0.29) is 7.43 Å². The molecule has 0 rings (SSSR count). The van der Waals surface area contributed by atoms with Gasteiger partial charge in [-0.2, -0.15) is 5.26 Å². The molecule has 0 aliphatic carbocycles. The van der Waals surface area contributed by atoms with Crippen LogP contribution in [0.3, 0.4) is 0 Å². The maximum Gasteiger partial charge on any atom is 0.120 e. The lowest BCUT2D eigenvalue weighted by molar-refractivity contribution is -0.107. The van der Waals surface area contributed by atoms with E-state index in [1.165, 1.54) is 25.7 Å². The van der Waals surface area contributed by atoms with E-state index in [1.807, 2.05) is 0 Å². The standard InChI is InChI=1S/C12H19N.C12H20O.CH4/c2*1-2-3-4-5-6-7-8-9-10-11-12-13;/h3-4,8-9H,2,5-7,10-11H2,1H3;3-4,8-9,12H,2,5-7,10-11H2,1H3;1H4. The summed E-state index contributed by atoms with van der Waals surface area (Å²) >= 11 is 0. The number of allylic oxidation sites excluding steroid dienone is 8. The average molecular weight is 374 g/mol. The average Bonchev–Trinajstić information content (AvgIpc) is 2.66. The van der Waals surface area contributed by atoms with E-state index in [0.29, 0.717) is 12.8 Å². The van der Waals surface area contributed by atoms with Crippen LogP contribution in [0.1, 0.15) is 98.3 Å². The first-order chi connectivity index (χ1) is 12.8. The molecule has 0 bridgehead atoms. The lowest BCUT2D eigenvalue weighted by atomic mass is 10.2. The molecule has 0 saturated carbocycles. The number of aldehydes is 1. The maximum absolute atomic E-state index is 9.97. The van der Waals surface area contributed by atoms with Gasteiger partial charge in [-0.05, 0) is 64.2 Å². The topological polar surface area (TPSA) is 40.9 Å². The molecule has 0 aliphatic rings. The normalized spacial score (nSPS) is 10.9. The van der Waals surface area contributed by atoms with E-state index in [2.05, 4.69) is 68.5 Å². The summed E-state index contributed by atoms with van der Waals surface area (Å²) in [5, 5.41) is 8.27. The summed E-state index contributed by atoms with van der Waals surface area (Å²) in [5.41, 5.74) is 0. The summed E-state index contributed by atoms with van der Waals surface area (Å²) in [7, 11) is 0. The van der Waals surface area contributed by atoms with Crippen molar-refractivity contribution in [3.63, 3.8) is 0 Å². The van der Waals surface area contributed by atoms with Crippen LogP contribution in [-0.4, -0.2) is 6.29 Å². The van der Waals surface area contributed by atoms with Crippen LogP contribution in [0.2, 0.25) is 0 Å². The van der Waals surface area contributed by atoms with Crippen molar-refractivity contribution < 1.29 is 4.79 Å². The summed E-state index contributed by atoms with van der Waals surface area (Å²) in [5.74, 6) is 0. The van der Waals surface area contributed by atoms with Crippen molar-refractivity contribution in [1.29, 1.82) is 5.26 Å². The fourth-order valence-electron chi connectivity index (χ4n) is 2.06. The van der Waals surface area contributed by atoms with Crippen LogP contribution in [0, 0.1) is 11.3 Å². The Labute approximate surface area is 169 Å². The highest BCUT2D eigenvalue weighted by Gasteiger charge is 1.82. The number of hydrogen-bond donors (Lipinski definition) is 0. The zero-order valence-corrected chi connectivity index (χ0v) is 17.0. The third-order valence-corrected chi connectivity index (χ3v) is 3.50. The number of nitriles is 1. The molecule has 0 aromatic carbocycles. The van der Waals surface area contributed by atoms with E-state index >= 15 is 0 Å². The molecule has 0 aromatic heterocycles. The molecule has 0 radical (unpaired) electrons. The zero-order valence-electron chi connectivity index (χ0n) is 17.0. The van der Waals surface area contributed by atoms with E-state index in [0.717, 1.165) is 44.8 Å². The number of carbonyl (C=O) groups excluding carboxylic acids is 1. The van der Waals surface area contributed by atoms with Gasteiger partial charge < -0.3 is 4.79 Å². The van der Waals surface area contributed by atoms with E-state index in [4.69, 9.17) is 5.26 Å². The van der Waals surface area contributed by atoms with Gasteiger partial charge in [-0.3, -0.25) is 0 Å². The lowest BCUT2D eigenvalue weighted by Gasteiger charge is -1.89. The zero-order chi connectivity index (χ0) is 19.6. The van der Waals surface area contributed by atoms with Crippen molar-refractivity contribution in [3.05, 3.63) is 48.6 Å². The van der Waals surface area contributed by atoms with Gasteiger partial charge in [-0.1, -0.05) is 69.9 Å². The smallest absolute Gasteiger partial charge is 0.120 e. The summed E-state index contributed by atoms with van der Waals surface area (Å²) in [6.07, 6.45) is 30.8. The van der Waals surface area contributed by atoms with Gasteiger partial charge in [-0.25, -0.2) is 0 Å². The molecular weight excluding hydrogens is 330 g/mol. The Kier molecular flexibility index (Phi) is 35.2. The van der Waals surface area contributed by atoms with E-state index in [1.54, 1.807) is 0 Å². The second-order valence-corrected chi connectivity index (χ2v) is 6.00. The van der Waals surface area contributed by atoms with Gasteiger partial charge >= 0.3 is 0 Å². The molecule has 0 unspecified atom stereocenters. The summed E-state index contributed by atoms with van der Waals surface area (Å²) in [4.78, 5) is 9.97. The molecule has 2 heteroatoms. The molecule has 0 spiro atoms. The number of unbranched alkanes of at least 4 members (excludes halogenated alkanes) is 6. The van der Waals surface area contributed by atoms with Crippen LogP contribution in [-0.2, 0) is 4.79 Å². The van der Waals surface area contributed by atoms with Crippen molar-refractivity contribution in [2.75, 3.05) is 0 Å². The first-order valence-corrected chi connectivity index (χ1v) is 10.2. The molecule has 0 fully saturated rings. The molecule has 27 heavy (non-hydrogen) atoms. The van der Waals surface area contributed by atoms with Crippen LogP contribution in [0.15, 0.2) is 48.6 Å². The Morgan fingerprint density at radius 1 is 0.630 bits per heavy atom. The van der Waals surface area contributed by atoms with Gasteiger partial charge in [0.15, 0.2) is 0 Å². The quantitative estimate of drug-likeness (QED) is 0.164. The minimum absolute atomic E-state index is 0. The predicted octanol–water partition coefficient (Wildman–Crippen LogP) is 8.28. The fourth-order valence-corrected chi connectivity index (χ4v) is 2.06. The third kappa shape index (κ3) is 35.9. The predicted molar refractivity (Wildman–Crippen MR) is 122 cm³/mol. The van der Waals surface area contributed by atoms with Crippen molar-refractivity contribution in [1.82, 2.24) is 0 Å². The Morgan fingerprint density at radius 3 is 1.44 bits per heavy atom. The summed E-state index contributed by atoms with van der Waals surface area (Å²) in [6, 6.07) is 2.12. The molecule has 0 N–H and O–H groups in total. The highest BCUT2D eigenvalue weighted by Crippen LogP contribution is 2.00. The minimum Gasteiger partial charge on any atom is -0.303 e. The molecule has 2 nitrogen and oxygen atoms in total. The molecule has 0 aliphatic heterocycles. The summed E-state index contributed by atoms with van der Waals surface area (Å²) in [6.45, 7) is 4.30. The van der Waals surface area contributed by atoms with Crippen LogP contribution in [0.25, 0.3) is 0 Å². The monoisotopic (exact) mass is 373 g/mol. The first kappa shape index (κ1) is 29.9. The van der Waals surface area contributed by atoms with Crippen LogP contribution < -0.4 is 0 Å². The Hall–Kier alpha value is -1.88. The van der Waals surface area contributed by atoms with Gasteiger partial charge in [0.05, 0.1) is 6.07 Å². The van der Waals surface area contributed by atoms with Gasteiger partial charge in [-0.15, -0.1) is 0 Å². The Bertz CT molecular complexity index is 424. The SMILES string of the molecule is C.CCC=CCCCC=CCCC#N.CCC=CCCCC=CCCC=O. The lowest BCUT2D eigenvalue weighted by Crippen LogP contribution is -1.72. The molecule has 0 heterocycles. The second kappa shape index (κ2) is 31.8. The Balaban J connectivity index is -0.000000411. The van der Waals surface area contributed by atoms with Crippen LogP contribution >= 0.6 is 0 Å². The van der Waals surface area contributed by atoms with Gasteiger partial charge in [0.1, 0.15) is 6.29 Å². The molecule has 154 valence electrons.